The summed E-state index contributed by atoms with van der Waals surface area (Å²) in [7, 11) is 0. The molecule has 0 aliphatic carbocycles. The molecule has 2 aromatic rings. The molecular weight excluding hydrogens is 456 g/mol. The Bertz CT molecular complexity index is 896. The van der Waals surface area contributed by atoms with E-state index < -0.39 is 11.8 Å². The fourth-order valence-electron chi connectivity index (χ4n) is 2.27. The van der Waals surface area contributed by atoms with Crippen molar-refractivity contribution in [1.82, 2.24) is 5.32 Å². The van der Waals surface area contributed by atoms with Gasteiger partial charge in [-0.3, -0.25) is 19.8 Å². The lowest BCUT2D eigenvalue weighted by Gasteiger charge is -2.29. The quantitative estimate of drug-likeness (QED) is 0.413. The summed E-state index contributed by atoms with van der Waals surface area (Å²) in [5.41, 5.74) is 1.35. The molecule has 1 aliphatic rings. The van der Waals surface area contributed by atoms with Crippen molar-refractivity contribution in [3.8, 4) is 0 Å². The molecule has 0 spiro atoms. The van der Waals surface area contributed by atoms with Gasteiger partial charge in [-0.25, -0.2) is 0 Å². The van der Waals surface area contributed by atoms with Gasteiger partial charge < -0.3 is 0 Å². The van der Waals surface area contributed by atoms with Crippen LogP contribution in [-0.4, -0.2) is 16.9 Å². The van der Waals surface area contributed by atoms with Gasteiger partial charge in [-0.1, -0.05) is 50.1 Å². The molecule has 2 aromatic carbocycles. The van der Waals surface area contributed by atoms with Gasteiger partial charge in [0.2, 0.25) is 0 Å². The molecule has 0 unspecified atom stereocenters. The van der Waals surface area contributed by atoms with Crippen LogP contribution in [0.15, 0.2) is 63.0 Å². The molecule has 4 nitrogen and oxygen atoms in total. The van der Waals surface area contributed by atoms with Crippen LogP contribution in [0.2, 0.25) is 0 Å². The van der Waals surface area contributed by atoms with Crippen LogP contribution in [0.5, 0.6) is 0 Å². The molecule has 0 bridgehead atoms. The molecule has 1 N–H and O–H groups in total. The molecule has 1 heterocycles. The van der Waals surface area contributed by atoms with Crippen LogP contribution >= 0.6 is 44.1 Å². The number of hydrogen-bond donors (Lipinski definition) is 1. The second-order valence-electron chi connectivity index (χ2n) is 4.99. The summed E-state index contributed by atoms with van der Waals surface area (Å²) in [5, 5.41) is 2.63. The first kappa shape index (κ1) is 17.0. The van der Waals surface area contributed by atoms with E-state index in [0.29, 0.717) is 5.69 Å². The molecule has 3 rings (SSSR count). The average Bonchev–Trinajstić information content (AvgIpc) is 2.51. The Morgan fingerprint density at radius 3 is 2.33 bits per heavy atom. The average molecular weight is 466 g/mol. The Morgan fingerprint density at radius 1 is 1.00 bits per heavy atom. The van der Waals surface area contributed by atoms with Gasteiger partial charge in [0, 0.05) is 8.95 Å². The number of rotatable bonds is 2. The van der Waals surface area contributed by atoms with Gasteiger partial charge in [-0.05, 0) is 54.2 Å². The summed E-state index contributed by atoms with van der Waals surface area (Å²) in [6.45, 7) is 0. The van der Waals surface area contributed by atoms with E-state index in [1.165, 1.54) is 4.90 Å². The number of carbonyl (C=O) groups is 2. The number of nitrogens with one attached hydrogen (secondary N) is 1. The zero-order valence-electron chi connectivity index (χ0n) is 12.1. The van der Waals surface area contributed by atoms with Gasteiger partial charge >= 0.3 is 0 Å². The van der Waals surface area contributed by atoms with E-state index in [1.54, 1.807) is 24.3 Å². The monoisotopic (exact) mass is 464 g/mol. The van der Waals surface area contributed by atoms with Crippen molar-refractivity contribution in [2.75, 3.05) is 4.90 Å². The van der Waals surface area contributed by atoms with Crippen LogP contribution in [-0.2, 0) is 9.59 Å². The summed E-state index contributed by atoms with van der Waals surface area (Å²) in [4.78, 5) is 26.4. The lowest BCUT2D eigenvalue weighted by atomic mass is 10.1. The molecule has 1 saturated heterocycles. The van der Waals surface area contributed by atoms with Crippen molar-refractivity contribution in [3.05, 3.63) is 68.6 Å². The molecule has 0 aromatic heterocycles. The molecule has 120 valence electrons. The summed E-state index contributed by atoms with van der Waals surface area (Å²) in [6.07, 6.45) is 1.55. The third-order valence-electron chi connectivity index (χ3n) is 3.33. The van der Waals surface area contributed by atoms with E-state index in [0.717, 1.165) is 14.5 Å². The second kappa shape index (κ2) is 6.96. The molecule has 24 heavy (non-hydrogen) atoms. The highest BCUT2D eigenvalue weighted by Gasteiger charge is 2.34. The zero-order chi connectivity index (χ0) is 17.3. The van der Waals surface area contributed by atoms with Crippen molar-refractivity contribution in [2.45, 2.75) is 0 Å². The zero-order valence-corrected chi connectivity index (χ0v) is 16.1. The molecule has 2 amide bonds. The third-order valence-corrected chi connectivity index (χ3v) is 4.60. The van der Waals surface area contributed by atoms with Crippen LogP contribution in [0, 0.1) is 0 Å². The maximum absolute atomic E-state index is 12.8. The number of carbonyl (C=O) groups excluding carboxylic acids is 2. The van der Waals surface area contributed by atoms with Crippen LogP contribution in [0.25, 0.3) is 6.08 Å². The van der Waals surface area contributed by atoms with Crippen molar-refractivity contribution in [2.24, 2.45) is 0 Å². The van der Waals surface area contributed by atoms with Crippen LogP contribution in [0.4, 0.5) is 5.69 Å². The van der Waals surface area contributed by atoms with E-state index in [-0.39, 0.29) is 10.7 Å². The highest BCUT2D eigenvalue weighted by Crippen LogP contribution is 2.25. The second-order valence-corrected chi connectivity index (χ2v) is 7.21. The number of amides is 2. The topological polar surface area (TPSA) is 49.4 Å². The van der Waals surface area contributed by atoms with E-state index in [9.17, 15) is 9.59 Å². The van der Waals surface area contributed by atoms with E-state index >= 15 is 0 Å². The van der Waals surface area contributed by atoms with Gasteiger partial charge in [0.05, 0.1) is 5.69 Å². The number of thiocarbonyl (C=S) groups is 1. The first-order valence-corrected chi connectivity index (χ1v) is 8.88. The van der Waals surface area contributed by atoms with Crippen LogP contribution in [0.1, 0.15) is 5.56 Å². The number of benzene rings is 2. The van der Waals surface area contributed by atoms with Crippen molar-refractivity contribution >= 4 is 72.8 Å². The van der Waals surface area contributed by atoms with E-state index in [4.69, 9.17) is 12.2 Å². The van der Waals surface area contributed by atoms with Gasteiger partial charge in [0.15, 0.2) is 5.11 Å². The fourth-order valence-corrected chi connectivity index (χ4v) is 3.36. The fraction of sp³-hybridized carbons (Fsp3) is 0. The molecule has 1 fully saturated rings. The lowest BCUT2D eigenvalue weighted by Crippen LogP contribution is -2.54. The number of anilines is 1. The lowest BCUT2D eigenvalue weighted by molar-refractivity contribution is -0.122. The van der Waals surface area contributed by atoms with Crippen molar-refractivity contribution in [3.63, 3.8) is 0 Å². The van der Waals surface area contributed by atoms with Crippen LogP contribution in [0.3, 0.4) is 0 Å². The molecule has 0 saturated carbocycles. The third kappa shape index (κ3) is 3.48. The molecule has 7 heteroatoms. The van der Waals surface area contributed by atoms with E-state index in [2.05, 4.69) is 37.2 Å². The van der Waals surface area contributed by atoms with Crippen molar-refractivity contribution < 1.29 is 9.59 Å². The maximum Gasteiger partial charge on any atom is 0.270 e. The predicted octanol–water partition coefficient (Wildman–Crippen LogP) is 4.04. The summed E-state index contributed by atoms with van der Waals surface area (Å²) < 4.78 is 1.67. The first-order valence-electron chi connectivity index (χ1n) is 6.88. The molecule has 0 atom stereocenters. The van der Waals surface area contributed by atoms with E-state index in [1.807, 2.05) is 30.3 Å². The molecular formula is C17H10Br2N2O2S. The van der Waals surface area contributed by atoms with Gasteiger partial charge in [-0.15, -0.1) is 0 Å². The SMILES string of the molecule is O=C1NC(=S)N(c2cccc(Br)c2)C(=O)/C1=C/c1cccc(Br)c1. The number of nitrogens with zero attached hydrogens (tertiary/aromatic N) is 1. The minimum atomic E-state index is -0.503. The Kier molecular flexibility index (Phi) is 4.93. The number of halogens is 2. The number of hydrogen-bond acceptors (Lipinski definition) is 3. The summed E-state index contributed by atoms with van der Waals surface area (Å²) in [6, 6.07) is 14.5. The summed E-state index contributed by atoms with van der Waals surface area (Å²) in [5.74, 6) is -0.960. The summed E-state index contributed by atoms with van der Waals surface area (Å²) >= 11 is 11.9. The van der Waals surface area contributed by atoms with Crippen LogP contribution < -0.4 is 10.2 Å². The van der Waals surface area contributed by atoms with Crippen molar-refractivity contribution in [1.29, 1.82) is 0 Å². The predicted molar refractivity (Wildman–Crippen MR) is 104 cm³/mol. The first-order chi connectivity index (χ1) is 11.5. The highest BCUT2D eigenvalue weighted by atomic mass is 79.9. The highest BCUT2D eigenvalue weighted by molar-refractivity contribution is 9.10. The van der Waals surface area contributed by atoms with Gasteiger partial charge in [0.1, 0.15) is 5.57 Å². The minimum absolute atomic E-state index is 0.0293. The largest absolute Gasteiger partial charge is 0.298 e. The molecule has 1 aliphatic heterocycles. The Hall–Kier alpha value is -1.83. The Balaban J connectivity index is 2.03. The Morgan fingerprint density at radius 2 is 1.67 bits per heavy atom. The smallest absolute Gasteiger partial charge is 0.270 e. The van der Waals surface area contributed by atoms with Gasteiger partial charge in [-0.2, -0.15) is 0 Å². The minimum Gasteiger partial charge on any atom is -0.298 e. The maximum atomic E-state index is 12.8. The molecule has 0 radical (unpaired) electrons. The standard InChI is InChI=1S/C17H10Br2N2O2S/c18-11-4-1-3-10(7-11)8-14-15(22)20-17(24)21(16(14)23)13-6-2-5-12(19)9-13/h1-9H,(H,20,22,24)/b14-8+. The normalized spacial score (nSPS) is 16.5. The Labute approximate surface area is 160 Å². The van der Waals surface area contributed by atoms with Gasteiger partial charge in [0.25, 0.3) is 11.8 Å².